The van der Waals surface area contributed by atoms with Crippen molar-refractivity contribution in [3.63, 3.8) is 0 Å². The minimum atomic E-state index is 0.712. The molecule has 2 heterocycles. The number of hydrogen-bond acceptors (Lipinski definition) is 2. The van der Waals surface area contributed by atoms with Crippen LogP contribution in [0.25, 0.3) is 0 Å². The van der Waals surface area contributed by atoms with Crippen molar-refractivity contribution in [2.45, 2.75) is 6.42 Å². The van der Waals surface area contributed by atoms with Crippen LogP contribution in [0.5, 0.6) is 0 Å². The van der Waals surface area contributed by atoms with E-state index in [1.807, 2.05) is 23.6 Å². The second-order valence-electron chi connectivity index (χ2n) is 3.62. The molecule has 0 saturated heterocycles. The smallest absolute Gasteiger partial charge is 0.227 e. The molecule has 3 aliphatic rings. The summed E-state index contributed by atoms with van der Waals surface area (Å²) in [6, 6.07) is 0. The van der Waals surface area contributed by atoms with Crippen LogP contribution in [-0.2, 0) is 0 Å². The Balaban J connectivity index is 2.14. The minimum absolute atomic E-state index is 0.712. The first-order valence-electron chi connectivity index (χ1n) is 4.90. The van der Waals surface area contributed by atoms with Crippen molar-refractivity contribution in [3.05, 3.63) is 51.2 Å². The maximum Gasteiger partial charge on any atom is 0.227 e. The molecular formula is C11H11N2OS. The second kappa shape index (κ2) is 3.31. The molecule has 1 radical (unpaired) electrons. The van der Waals surface area contributed by atoms with Crippen LogP contribution in [-0.4, -0.2) is 17.0 Å². The third kappa shape index (κ3) is 1.33. The van der Waals surface area contributed by atoms with Crippen molar-refractivity contribution in [1.29, 1.82) is 0 Å². The van der Waals surface area contributed by atoms with Gasteiger partial charge >= 0.3 is 0 Å². The van der Waals surface area contributed by atoms with Gasteiger partial charge in [-0.2, -0.15) is 16.5 Å². The monoisotopic (exact) mass is 219 g/mol. The summed E-state index contributed by atoms with van der Waals surface area (Å²) >= 11 is 1.11. The molecule has 77 valence electrons. The lowest BCUT2D eigenvalue weighted by Gasteiger charge is -2.10. The van der Waals surface area contributed by atoms with Crippen LogP contribution in [0, 0.1) is 5.21 Å². The van der Waals surface area contributed by atoms with Gasteiger partial charge in [-0.25, -0.2) is 0 Å². The first-order valence-corrected chi connectivity index (χ1v) is 5.93. The number of nitrogens with zero attached hydrogens (tertiary/aromatic N) is 1. The fourth-order valence-corrected chi connectivity index (χ4v) is 2.80. The lowest BCUT2D eigenvalue weighted by Crippen LogP contribution is -2.23. The molecule has 3 rings (SSSR count). The molecule has 0 aromatic rings. The van der Waals surface area contributed by atoms with E-state index in [0.717, 1.165) is 45.7 Å². The molecule has 0 aromatic carbocycles. The summed E-state index contributed by atoms with van der Waals surface area (Å²) in [7, 11) is 0. The fourth-order valence-electron chi connectivity index (χ4n) is 1.91. The molecule has 1 aliphatic carbocycles. The lowest BCUT2D eigenvalue weighted by atomic mass is 10.1. The number of thiol groups is 1. The minimum Gasteiger partial charge on any atom is -0.618 e. The third-order valence-electron chi connectivity index (χ3n) is 2.71. The Morgan fingerprint density at radius 1 is 1.40 bits per heavy atom. The number of allylic oxidation sites excluding steroid dienone is 4. The summed E-state index contributed by atoms with van der Waals surface area (Å²) in [5.41, 5.74) is 3.71. The molecule has 2 aliphatic heterocycles. The molecule has 0 spiro atoms. The molecule has 0 fully saturated rings. The second-order valence-corrected chi connectivity index (χ2v) is 4.44. The zero-order valence-electron chi connectivity index (χ0n) is 8.10. The number of hydrogen-bond donors (Lipinski definition) is 2. The van der Waals surface area contributed by atoms with Crippen molar-refractivity contribution < 1.29 is 4.74 Å². The zero-order valence-corrected chi connectivity index (χ0v) is 9.00. The highest BCUT2D eigenvalue weighted by molar-refractivity contribution is 8.05. The first kappa shape index (κ1) is 8.85. The van der Waals surface area contributed by atoms with Gasteiger partial charge in [0.25, 0.3) is 0 Å². The van der Waals surface area contributed by atoms with Gasteiger partial charge in [0.2, 0.25) is 11.4 Å². The summed E-state index contributed by atoms with van der Waals surface area (Å²) in [6.45, 7) is 0.751. The van der Waals surface area contributed by atoms with Crippen LogP contribution in [0.4, 0.5) is 0 Å². The lowest BCUT2D eigenvalue weighted by molar-refractivity contribution is -0.396. The SMILES string of the molecule is [O-][N+]1=C2CC=CC=C2NCC2=C[SH]C=C21. The molecule has 0 aromatic heterocycles. The van der Waals surface area contributed by atoms with E-state index in [1.54, 1.807) is 0 Å². The van der Waals surface area contributed by atoms with Crippen LogP contribution in [0.3, 0.4) is 0 Å². The summed E-state index contributed by atoms with van der Waals surface area (Å²) in [5, 5.41) is 19.5. The van der Waals surface area contributed by atoms with Crippen LogP contribution in [0.15, 0.2) is 46.0 Å². The highest BCUT2D eigenvalue weighted by Gasteiger charge is 2.28. The molecule has 3 nitrogen and oxygen atoms in total. The van der Waals surface area contributed by atoms with E-state index in [4.69, 9.17) is 0 Å². The third-order valence-corrected chi connectivity index (χ3v) is 3.56. The van der Waals surface area contributed by atoms with E-state index in [0.29, 0.717) is 6.42 Å². The van der Waals surface area contributed by atoms with Crippen LogP contribution in [0.1, 0.15) is 6.42 Å². The van der Waals surface area contributed by atoms with Crippen LogP contribution < -0.4 is 5.32 Å². The number of rotatable bonds is 0. The van der Waals surface area contributed by atoms with Crippen molar-refractivity contribution in [3.8, 4) is 0 Å². The van der Waals surface area contributed by atoms with E-state index in [2.05, 4.69) is 10.7 Å². The Bertz CT molecular complexity index is 469. The first-order chi connectivity index (χ1) is 7.36. The van der Waals surface area contributed by atoms with E-state index < -0.39 is 0 Å². The highest BCUT2D eigenvalue weighted by Crippen LogP contribution is 2.29. The summed E-state index contributed by atoms with van der Waals surface area (Å²) in [6.07, 6.45) is 6.67. The summed E-state index contributed by atoms with van der Waals surface area (Å²) < 4.78 is 1.07. The van der Waals surface area contributed by atoms with Gasteiger partial charge in [0, 0.05) is 12.0 Å². The predicted octanol–water partition coefficient (Wildman–Crippen LogP) is 1.59. The van der Waals surface area contributed by atoms with Crippen LogP contribution in [0.2, 0.25) is 0 Å². The standard InChI is InChI=1S/C11H11N2OS/c14-13-10-4-2-1-3-9(10)12-5-8-6-15-7-11(8)13/h1-3,6-7,12,15H,4-5H2. The molecule has 4 heteroatoms. The van der Waals surface area contributed by atoms with Gasteiger partial charge in [-0.15, -0.1) is 0 Å². The van der Waals surface area contributed by atoms with Crippen molar-refractivity contribution in [2.24, 2.45) is 0 Å². The average molecular weight is 219 g/mol. The molecule has 0 amide bonds. The maximum absolute atomic E-state index is 12.1. The van der Waals surface area contributed by atoms with E-state index >= 15 is 0 Å². The molecule has 0 unspecified atom stereocenters. The largest absolute Gasteiger partial charge is 0.618 e. The normalized spacial score (nSPS) is 23.3. The number of hydroxylamine groups is 1. The van der Waals surface area contributed by atoms with Gasteiger partial charge in [0.1, 0.15) is 5.70 Å². The van der Waals surface area contributed by atoms with Gasteiger partial charge < -0.3 is 10.5 Å². The quantitative estimate of drug-likeness (QED) is 0.369. The Hall–Kier alpha value is -1.42. The topological polar surface area (TPSA) is 38.1 Å². The van der Waals surface area contributed by atoms with Crippen molar-refractivity contribution in [1.82, 2.24) is 5.32 Å². The van der Waals surface area contributed by atoms with Crippen LogP contribution >= 0.6 is 11.8 Å². The number of nitrogens with one attached hydrogen (secondary N) is 1. The van der Waals surface area contributed by atoms with Crippen molar-refractivity contribution >= 4 is 17.5 Å². The highest BCUT2D eigenvalue weighted by atomic mass is 32.2. The molecule has 0 atom stereocenters. The molecule has 15 heavy (non-hydrogen) atoms. The molecule has 0 saturated carbocycles. The fraction of sp³-hybridized carbons (Fsp3) is 0.182. The summed E-state index contributed by atoms with van der Waals surface area (Å²) in [4.78, 5) is 0. The van der Waals surface area contributed by atoms with Gasteiger partial charge in [0.05, 0.1) is 12.0 Å². The maximum atomic E-state index is 12.1. The van der Waals surface area contributed by atoms with E-state index in [-0.39, 0.29) is 0 Å². The Morgan fingerprint density at radius 3 is 3.27 bits per heavy atom. The van der Waals surface area contributed by atoms with Gasteiger partial charge in [-0.3, -0.25) is 0 Å². The van der Waals surface area contributed by atoms with Gasteiger partial charge in [0.15, 0.2) is 0 Å². The van der Waals surface area contributed by atoms with E-state index in [9.17, 15) is 5.21 Å². The van der Waals surface area contributed by atoms with Gasteiger partial charge in [-0.05, 0) is 11.5 Å². The molecular weight excluding hydrogens is 208 g/mol. The Labute approximate surface area is 92.1 Å². The number of fused-ring (bicyclic) bond motifs is 2. The molecule has 1 N–H and O–H groups in total. The van der Waals surface area contributed by atoms with E-state index in [1.165, 1.54) is 0 Å². The van der Waals surface area contributed by atoms with Gasteiger partial charge in [-0.1, -0.05) is 12.2 Å². The average Bonchev–Trinajstić information content (AvgIpc) is 2.69. The zero-order chi connectivity index (χ0) is 10.3. The predicted molar refractivity (Wildman–Crippen MR) is 63.6 cm³/mol. The molecule has 0 bridgehead atoms. The summed E-state index contributed by atoms with van der Waals surface area (Å²) in [5.74, 6) is 0. The Kier molecular flexibility index (Phi) is 1.95. The van der Waals surface area contributed by atoms with Crippen molar-refractivity contribution in [2.75, 3.05) is 6.54 Å². The Morgan fingerprint density at radius 2 is 2.33 bits per heavy atom.